The van der Waals surface area contributed by atoms with Gasteiger partial charge in [0.2, 0.25) is 11.7 Å². The highest BCUT2D eigenvalue weighted by Crippen LogP contribution is 2.39. The van der Waals surface area contributed by atoms with E-state index in [9.17, 15) is 4.79 Å². The van der Waals surface area contributed by atoms with E-state index in [1.165, 1.54) is 0 Å². The van der Waals surface area contributed by atoms with Crippen molar-refractivity contribution in [2.75, 3.05) is 33.4 Å². The second kappa shape index (κ2) is 6.93. The zero-order valence-electron chi connectivity index (χ0n) is 14.2. The largest absolute Gasteiger partial charge is 0.376 e. The van der Waals surface area contributed by atoms with Crippen molar-refractivity contribution in [3.63, 3.8) is 0 Å². The summed E-state index contributed by atoms with van der Waals surface area (Å²) in [6.07, 6.45) is 2.18. The smallest absolute Gasteiger partial charge is 0.253 e. The normalized spacial score (nSPS) is 20.4. The SMILES string of the molecule is CN(C[C@H]1COCCO1)C(=O)c1ccc(-c2noc(C3CC3)n2)cc1. The molecule has 2 fully saturated rings. The summed E-state index contributed by atoms with van der Waals surface area (Å²) in [7, 11) is 1.77. The van der Waals surface area contributed by atoms with Crippen LogP contribution >= 0.6 is 0 Å². The fourth-order valence-electron chi connectivity index (χ4n) is 2.86. The predicted molar refractivity (Wildman–Crippen MR) is 89.2 cm³/mol. The van der Waals surface area contributed by atoms with Crippen molar-refractivity contribution in [2.45, 2.75) is 24.9 Å². The summed E-state index contributed by atoms with van der Waals surface area (Å²) in [6, 6.07) is 7.28. The lowest BCUT2D eigenvalue weighted by Crippen LogP contribution is -2.40. The zero-order valence-corrected chi connectivity index (χ0v) is 14.2. The Balaban J connectivity index is 1.40. The van der Waals surface area contributed by atoms with Gasteiger partial charge in [-0.2, -0.15) is 4.98 Å². The average molecular weight is 343 g/mol. The molecule has 1 saturated carbocycles. The van der Waals surface area contributed by atoms with Gasteiger partial charge in [-0.3, -0.25) is 4.79 Å². The first-order chi connectivity index (χ1) is 12.2. The van der Waals surface area contributed by atoms with E-state index >= 15 is 0 Å². The average Bonchev–Trinajstić information content (AvgIpc) is 3.39. The van der Waals surface area contributed by atoms with Gasteiger partial charge in [-0.05, 0) is 25.0 Å². The molecule has 0 spiro atoms. The van der Waals surface area contributed by atoms with Crippen molar-refractivity contribution in [1.29, 1.82) is 0 Å². The van der Waals surface area contributed by atoms with Gasteiger partial charge in [0.05, 0.1) is 25.9 Å². The third kappa shape index (κ3) is 3.72. The number of aromatic nitrogens is 2. The van der Waals surface area contributed by atoms with Crippen LogP contribution in [0.5, 0.6) is 0 Å². The number of carbonyl (C=O) groups is 1. The molecular weight excluding hydrogens is 322 g/mol. The second-order valence-electron chi connectivity index (χ2n) is 6.56. The monoisotopic (exact) mass is 343 g/mol. The minimum Gasteiger partial charge on any atom is -0.376 e. The molecule has 1 aliphatic carbocycles. The molecule has 2 heterocycles. The number of amides is 1. The summed E-state index contributed by atoms with van der Waals surface area (Å²) < 4.78 is 16.2. The maximum Gasteiger partial charge on any atom is 0.253 e. The van der Waals surface area contributed by atoms with Gasteiger partial charge in [-0.25, -0.2) is 0 Å². The molecule has 25 heavy (non-hydrogen) atoms. The highest BCUT2D eigenvalue weighted by Gasteiger charge is 2.29. The second-order valence-corrected chi connectivity index (χ2v) is 6.56. The molecule has 1 aliphatic heterocycles. The van der Waals surface area contributed by atoms with Crippen LogP contribution in [0.25, 0.3) is 11.4 Å². The minimum atomic E-state index is -0.0675. The van der Waals surface area contributed by atoms with E-state index in [2.05, 4.69) is 10.1 Å². The minimum absolute atomic E-state index is 0.0486. The number of hydrogen-bond acceptors (Lipinski definition) is 6. The summed E-state index contributed by atoms with van der Waals surface area (Å²) in [5.74, 6) is 1.67. The Labute approximate surface area is 145 Å². The van der Waals surface area contributed by atoms with Gasteiger partial charge in [-0.15, -0.1) is 0 Å². The molecule has 1 aromatic heterocycles. The molecule has 2 aliphatic rings. The van der Waals surface area contributed by atoms with E-state index in [0.29, 0.717) is 49.6 Å². The molecule has 7 nitrogen and oxygen atoms in total. The molecule has 1 aromatic carbocycles. The van der Waals surface area contributed by atoms with Crippen molar-refractivity contribution in [2.24, 2.45) is 0 Å². The maximum atomic E-state index is 12.5. The fourth-order valence-corrected chi connectivity index (χ4v) is 2.86. The van der Waals surface area contributed by atoms with Crippen LogP contribution in [-0.4, -0.2) is 60.5 Å². The van der Waals surface area contributed by atoms with Crippen molar-refractivity contribution in [3.05, 3.63) is 35.7 Å². The number of hydrogen-bond donors (Lipinski definition) is 0. The molecular formula is C18H21N3O4. The first kappa shape index (κ1) is 16.2. The summed E-state index contributed by atoms with van der Waals surface area (Å²) in [4.78, 5) is 18.6. The Bertz CT molecular complexity index is 733. The molecule has 4 rings (SSSR count). The number of benzene rings is 1. The van der Waals surface area contributed by atoms with E-state index in [1.807, 2.05) is 12.1 Å². The van der Waals surface area contributed by atoms with Crippen molar-refractivity contribution in [1.82, 2.24) is 15.0 Å². The van der Waals surface area contributed by atoms with Gasteiger partial charge < -0.3 is 18.9 Å². The van der Waals surface area contributed by atoms with Crippen molar-refractivity contribution >= 4 is 5.91 Å². The van der Waals surface area contributed by atoms with Crippen LogP contribution in [0.4, 0.5) is 0 Å². The summed E-state index contributed by atoms with van der Waals surface area (Å²) >= 11 is 0. The van der Waals surface area contributed by atoms with E-state index in [1.54, 1.807) is 24.1 Å². The standard InChI is InChI=1S/C18H21N3O4/c1-21(10-15-11-23-8-9-24-15)18(22)14-6-2-12(3-7-14)16-19-17(25-20-16)13-4-5-13/h2-3,6-7,13,15H,4-5,8-11H2,1H3/t15-/m0/s1. The first-order valence-corrected chi connectivity index (χ1v) is 8.59. The molecule has 1 saturated heterocycles. The van der Waals surface area contributed by atoms with Gasteiger partial charge in [0.15, 0.2) is 0 Å². The van der Waals surface area contributed by atoms with Crippen molar-refractivity contribution < 1.29 is 18.8 Å². The summed E-state index contributed by atoms with van der Waals surface area (Å²) in [6.45, 7) is 2.23. The van der Waals surface area contributed by atoms with Crippen LogP contribution in [-0.2, 0) is 9.47 Å². The Morgan fingerprint density at radius 2 is 2.04 bits per heavy atom. The van der Waals surface area contributed by atoms with Crippen LogP contribution in [0.15, 0.2) is 28.8 Å². The van der Waals surface area contributed by atoms with Gasteiger partial charge in [0.1, 0.15) is 0 Å². The fraction of sp³-hybridized carbons (Fsp3) is 0.500. The third-order valence-electron chi connectivity index (χ3n) is 4.47. The van der Waals surface area contributed by atoms with Crippen molar-refractivity contribution in [3.8, 4) is 11.4 Å². The third-order valence-corrected chi connectivity index (χ3v) is 4.47. The molecule has 7 heteroatoms. The molecule has 1 atom stereocenters. The molecule has 132 valence electrons. The number of likely N-dealkylation sites (N-methyl/N-ethyl adjacent to an activating group) is 1. The Kier molecular flexibility index (Phi) is 4.50. The predicted octanol–water partition coefficient (Wildman–Crippen LogP) is 2.10. The van der Waals surface area contributed by atoms with Gasteiger partial charge in [0.25, 0.3) is 5.91 Å². The summed E-state index contributed by atoms with van der Waals surface area (Å²) in [5.41, 5.74) is 1.47. The van der Waals surface area contributed by atoms with Crippen LogP contribution in [0.3, 0.4) is 0 Å². The zero-order chi connectivity index (χ0) is 17.2. The first-order valence-electron chi connectivity index (χ1n) is 8.59. The van der Waals surface area contributed by atoms with Gasteiger partial charge in [-0.1, -0.05) is 17.3 Å². The number of ether oxygens (including phenoxy) is 2. The highest BCUT2D eigenvalue weighted by molar-refractivity contribution is 5.94. The lowest BCUT2D eigenvalue weighted by molar-refractivity contribution is -0.0933. The number of rotatable bonds is 5. The maximum absolute atomic E-state index is 12.5. The van der Waals surface area contributed by atoms with Crippen LogP contribution in [0.1, 0.15) is 35.0 Å². The Hall–Kier alpha value is -2.25. The summed E-state index contributed by atoms with van der Waals surface area (Å²) in [5, 5.41) is 4.02. The van der Waals surface area contributed by atoms with Crippen LogP contribution < -0.4 is 0 Å². The topological polar surface area (TPSA) is 77.7 Å². The quantitative estimate of drug-likeness (QED) is 0.827. The Morgan fingerprint density at radius 1 is 1.24 bits per heavy atom. The van der Waals surface area contributed by atoms with E-state index in [4.69, 9.17) is 14.0 Å². The van der Waals surface area contributed by atoms with E-state index in [0.717, 1.165) is 18.4 Å². The molecule has 0 N–H and O–H groups in total. The number of carbonyl (C=O) groups excluding carboxylic acids is 1. The van der Waals surface area contributed by atoms with Crippen LogP contribution in [0, 0.1) is 0 Å². The van der Waals surface area contributed by atoms with Gasteiger partial charge >= 0.3 is 0 Å². The molecule has 0 bridgehead atoms. The molecule has 2 aromatic rings. The molecule has 1 amide bonds. The van der Waals surface area contributed by atoms with Crippen LogP contribution in [0.2, 0.25) is 0 Å². The van der Waals surface area contributed by atoms with E-state index < -0.39 is 0 Å². The lowest BCUT2D eigenvalue weighted by atomic mass is 10.1. The van der Waals surface area contributed by atoms with Gasteiger partial charge in [0, 0.05) is 30.6 Å². The number of nitrogens with zero attached hydrogens (tertiary/aromatic N) is 3. The Morgan fingerprint density at radius 3 is 2.72 bits per heavy atom. The highest BCUT2D eigenvalue weighted by atomic mass is 16.6. The van der Waals surface area contributed by atoms with E-state index in [-0.39, 0.29) is 12.0 Å². The lowest BCUT2D eigenvalue weighted by Gasteiger charge is -2.27. The molecule has 0 unspecified atom stereocenters. The molecule has 0 radical (unpaired) electrons.